The van der Waals surface area contributed by atoms with E-state index in [1.54, 1.807) is 0 Å². The number of anilines is 1. The fourth-order valence-corrected chi connectivity index (χ4v) is 3.00. The second-order valence-electron chi connectivity index (χ2n) is 5.04. The summed E-state index contributed by atoms with van der Waals surface area (Å²) in [7, 11) is 0. The van der Waals surface area contributed by atoms with Crippen LogP contribution in [0.4, 0.5) is 5.69 Å². The second kappa shape index (κ2) is 5.33. The monoisotopic (exact) mass is 365 g/mol. The Morgan fingerprint density at radius 1 is 1.53 bits per heavy atom. The van der Waals surface area contributed by atoms with Gasteiger partial charge in [-0.3, -0.25) is 0 Å². The van der Waals surface area contributed by atoms with Gasteiger partial charge < -0.3 is 10.1 Å². The molecule has 1 aliphatic heterocycles. The van der Waals surface area contributed by atoms with Crippen LogP contribution in [0.2, 0.25) is 5.02 Å². The van der Waals surface area contributed by atoms with E-state index in [1.807, 2.05) is 18.2 Å². The van der Waals surface area contributed by atoms with Crippen molar-refractivity contribution in [3.05, 3.63) is 26.8 Å². The Morgan fingerprint density at radius 2 is 2.29 bits per heavy atom. The van der Waals surface area contributed by atoms with Crippen molar-refractivity contribution in [1.29, 1.82) is 0 Å². The van der Waals surface area contributed by atoms with Crippen LogP contribution >= 0.6 is 34.2 Å². The molecule has 0 aromatic heterocycles. The van der Waals surface area contributed by atoms with Crippen LogP contribution in [0, 0.1) is 3.57 Å². The molecule has 0 radical (unpaired) electrons. The Hall–Kier alpha value is -0.000000000000000132. The predicted octanol–water partition coefficient (Wildman–Crippen LogP) is 4.31. The van der Waals surface area contributed by atoms with E-state index in [1.165, 1.54) is 0 Å². The molecule has 1 aliphatic rings. The molecule has 1 N–H and O–H groups in total. The maximum absolute atomic E-state index is 6.16. The van der Waals surface area contributed by atoms with Crippen molar-refractivity contribution in [2.75, 3.05) is 11.9 Å². The Bertz CT molecular complexity index is 408. The Balaban J connectivity index is 1.90. The summed E-state index contributed by atoms with van der Waals surface area (Å²) in [5.41, 5.74) is 1.02. The normalized spacial score (nSPS) is 22.7. The van der Waals surface area contributed by atoms with Gasteiger partial charge in [0, 0.05) is 10.1 Å². The minimum Gasteiger partial charge on any atom is -0.381 e. The number of rotatable bonds is 3. The summed E-state index contributed by atoms with van der Waals surface area (Å²) in [4.78, 5) is 0. The summed E-state index contributed by atoms with van der Waals surface area (Å²) in [6.07, 6.45) is 2.53. The lowest BCUT2D eigenvalue weighted by Gasteiger charge is -2.20. The quantitative estimate of drug-likeness (QED) is 0.806. The van der Waals surface area contributed by atoms with Gasteiger partial charge in [-0.05, 0) is 67.5 Å². The lowest BCUT2D eigenvalue weighted by Crippen LogP contribution is -2.24. The molecule has 4 heteroatoms. The topological polar surface area (TPSA) is 21.3 Å². The summed E-state index contributed by atoms with van der Waals surface area (Å²) in [5.74, 6) is 0. The van der Waals surface area contributed by atoms with Gasteiger partial charge in [-0.25, -0.2) is 0 Å². The van der Waals surface area contributed by atoms with Crippen molar-refractivity contribution in [2.24, 2.45) is 0 Å². The highest BCUT2D eigenvalue weighted by molar-refractivity contribution is 14.1. The first-order valence-electron chi connectivity index (χ1n) is 5.83. The van der Waals surface area contributed by atoms with Gasteiger partial charge in [-0.15, -0.1) is 0 Å². The smallest absolute Gasteiger partial charge is 0.0755 e. The average Bonchev–Trinajstić information content (AvgIpc) is 2.57. The highest BCUT2D eigenvalue weighted by Crippen LogP contribution is 2.30. The minimum absolute atomic E-state index is 0.0300. The lowest BCUT2D eigenvalue weighted by atomic mass is 10.1. The van der Waals surface area contributed by atoms with Gasteiger partial charge in [0.05, 0.1) is 22.4 Å². The molecule has 2 rings (SSSR count). The van der Waals surface area contributed by atoms with Crippen molar-refractivity contribution in [1.82, 2.24) is 0 Å². The zero-order valence-corrected chi connectivity index (χ0v) is 13.0. The van der Waals surface area contributed by atoms with Crippen LogP contribution < -0.4 is 5.32 Å². The fourth-order valence-electron chi connectivity index (χ4n) is 2.08. The lowest BCUT2D eigenvalue weighted by molar-refractivity contribution is -0.00910. The van der Waals surface area contributed by atoms with Crippen LogP contribution in [0.5, 0.6) is 0 Å². The second-order valence-corrected chi connectivity index (χ2v) is 6.70. The number of hydrogen-bond acceptors (Lipinski definition) is 2. The van der Waals surface area contributed by atoms with Gasteiger partial charge in [-0.2, -0.15) is 0 Å². The van der Waals surface area contributed by atoms with E-state index in [4.69, 9.17) is 16.3 Å². The van der Waals surface area contributed by atoms with E-state index in [-0.39, 0.29) is 5.60 Å². The van der Waals surface area contributed by atoms with Crippen LogP contribution in [0.3, 0.4) is 0 Å². The number of ether oxygens (including phenoxy) is 1. The van der Waals surface area contributed by atoms with E-state index in [2.05, 4.69) is 41.8 Å². The molecule has 1 unspecified atom stereocenters. The van der Waals surface area contributed by atoms with Crippen molar-refractivity contribution < 1.29 is 4.74 Å². The maximum atomic E-state index is 6.16. The van der Waals surface area contributed by atoms with E-state index in [0.717, 1.165) is 33.7 Å². The third kappa shape index (κ3) is 3.73. The molecule has 1 fully saturated rings. The van der Waals surface area contributed by atoms with E-state index < -0.39 is 0 Å². The summed E-state index contributed by atoms with van der Waals surface area (Å²) >= 11 is 8.42. The zero-order chi connectivity index (χ0) is 12.5. The number of halogens is 2. The van der Waals surface area contributed by atoms with Crippen molar-refractivity contribution in [3.8, 4) is 0 Å². The highest BCUT2D eigenvalue weighted by atomic mass is 127. The van der Waals surface area contributed by atoms with Gasteiger partial charge in [0.25, 0.3) is 0 Å². The van der Waals surface area contributed by atoms with Gasteiger partial charge in [0.15, 0.2) is 0 Å². The third-order valence-corrected chi connectivity index (χ3v) is 3.99. The first kappa shape index (κ1) is 13.4. The summed E-state index contributed by atoms with van der Waals surface area (Å²) in [6.45, 7) is 5.11. The molecule has 1 saturated heterocycles. The van der Waals surface area contributed by atoms with Crippen molar-refractivity contribution in [3.63, 3.8) is 0 Å². The Labute approximate surface area is 121 Å². The maximum Gasteiger partial charge on any atom is 0.0755 e. The molecule has 0 amide bonds. The molecule has 1 atom stereocenters. The SMILES string of the molecule is CC1(C)CCC(CNc2ccc(I)cc2Cl)O1. The molecule has 0 saturated carbocycles. The van der Waals surface area contributed by atoms with E-state index >= 15 is 0 Å². The molecule has 94 valence electrons. The summed E-state index contributed by atoms with van der Waals surface area (Å²) in [6, 6.07) is 6.03. The molecule has 0 aliphatic carbocycles. The summed E-state index contributed by atoms with van der Waals surface area (Å²) < 4.78 is 7.08. The first-order valence-corrected chi connectivity index (χ1v) is 7.29. The molecule has 2 nitrogen and oxygen atoms in total. The van der Waals surface area contributed by atoms with Gasteiger partial charge >= 0.3 is 0 Å². The van der Waals surface area contributed by atoms with Gasteiger partial charge in [-0.1, -0.05) is 11.6 Å². The molecule has 1 aromatic carbocycles. The number of benzene rings is 1. The molecular formula is C13H17ClINO. The standard InChI is InChI=1S/C13H17ClINO/c1-13(2)6-5-10(17-13)8-16-12-4-3-9(15)7-11(12)14/h3-4,7,10,16H,5-6,8H2,1-2H3. The first-order chi connectivity index (χ1) is 7.96. The third-order valence-electron chi connectivity index (χ3n) is 3.01. The van der Waals surface area contributed by atoms with Gasteiger partial charge in [0.2, 0.25) is 0 Å². The van der Waals surface area contributed by atoms with Crippen LogP contribution in [-0.4, -0.2) is 18.2 Å². The number of nitrogens with one attached hydrogen (secondary N) is 1. The Kier molecular flexibility index (Phi) is 4.21. The molecule has 0 spiro atoms. The zero-order valence-electron chi connectivity index (χ0n) is 10.1. The largest absolute Gasteiger partial charge is 0.381 e. The fraction of sp³-hybridized carbons (Fsp3) is 0.538. The van der Waals surface area contributed by atoms with E-state index in [0.29, 0.717) is 6.10 Å². The Morgan fingerprint density at radius 3 is 2.88 bits per heavy atom. The number of hydrogen-bond donors (Lipinski definition) is 1. The van der Waals surface area contributed by atoms with Crippen LogP contribution in [0.15, 0.2) is 18.2 Å². The van der Waals surface area contributed by atoms with E-state index in [9.17, 15) is 0 Å². The van der Waals surface area contributed by atoms with Crippen molar-refractivity contribution >= 4 is 39.9 Å². The van der Waals surface area contributed by atoms with Crippen LogP contribution in [0.1, 0.15) is 26.7 Å². The van der Waals surface area contributed by atoms with Crippen LogP contribution in [0.25, 0.3) is 0 Å². The molecule has 0 bridgehead atoms. The van der Waals surface area contributed by atoms with Crippen LogP contribution in [-0.2, 0) is 4.74 Å². The predicted molar refractivity (Wildman–Crippen MR) is 80.8 cm³/mol. The molecular weight excluding hydrogens is 349 g/mol. The minimum atomic E-state index is 0.0300. The van der Waals surface area contributed by atoms with Gasteiger partial charge in [0.1, 0.15) is 0 Å². The molecule has 17 heavy (non-hydrogen) atoms. The summed E-state index contributed by atoms with van der Waals surface area (Å²) in [5, 5.41) is 4.13. The molecule has 1 heterocycles. The van der Waals surface area contributed by atoms with Crippen molar-refractivity contribution in [2.45, 2.75) is 38.4 Å². The molecule has 1 aromatic rings. The highest BCUT2D eigenvalue weighted by Gasteiger charge is 2.31. The average molecular weight is 366 g/mol.